The molecule has 2 bridgehead atoms. The average molecular weight is 430 g/mol. The van der Waals surface area contributed by atoms with Crippen molar-refractivity contribution in [1.29, 1.82) is 10.5 Å². The minimum atomic E-state index is -0.757. The molecule has 3 saturated heterocycles. The summed E-state index contributed by atoms with van der Waals surface area (Å²) < 4.78 is 13.0. The highest BCUT2D eigenvalue weighted by molar-refractivity contribution is 5.89. The predicted octanol–water partition coefficient (Wildman–Crippen LogP) is 1.95. The number of ether oxygens (including phenoxy) is 2. The standard InChI is InChI=1S/C22H22N8O2/c23-10-17-20-16(22(13-24)4-7-31-8-5-22)9-19(29-14-1-2-15(29)12-32-11-14)26-21(20)30(28-17)18-3-6-25-27-18/h3,6,9,14-15H,1-2,4-5,7-8,11-12H2,(H,25,27). The molecule has 1 N–H and O–H groups in total. The number of morpholine rings is 1. The zero-order valence-corrected chi connectivity index (χ0v) is 17.5. The Balaban J connectivity index is 1.65. The fourth-order valence-corrected chi connectivity index (χ4v) is 5.39. The summed E-state index contributed by atoms with van der Waals surface area (Å²) in [4.78, 5) is 7.36. The minimum absolute atomic E-state index is 0.259. The van der Waals surface area contributed by atoms with Crippen LogP contribution in [0, 0.1) is 22.7 Å². The molecule has 162 valence electrons. The van der Waals surface area contributed by atoms with E-state index in [1.807, 2.05) is 6.07 Å². The molecule has 6 heterocycles. The monoisotopic (exact) mass is 430 g/mol. The number of nitrogens with zero attached hydrogens (tertiary/aromatic N) is 7. The summed E-state index contributed by atoms with van der Waals surface area (Å²) in [7, 11) is 0. The smallest absolute Gasteiger partial charge is 0.172 e. The van der Waals surface area contributed by atoms with Gasteiger partial charge in [-0.3, -0.25) is 5.10 Å². The van der Waals surface area contributed by atoms with E-state index in [4.69, 9.17) is 14.5 Å². The summed E-state index contributed by atoms with van der Waals surface area (Å²) in [5.74, 6) is 1.43. The van der Waals surface area contributed by atoms with E-state index in [0.29, 0.717) is 56.1 Å². The first-order valence-electron chi connectivity index (χ1n) is 10.9. The SMILES string of the molecule is N#Cc1nn(-c2ccn[nH]2)c2nc(N3C4CCC3COC4)cc(C3(C#N)CCOCC3)c12. The van der Waals surface area contributed by atoms with Gasteiger partial charge in [-0.15, -0.1) is 0 Å². The molecule has 0 aromatic carbocycles. The number of pyridine rings is 1. The fraction of sp³-hybridized carbons (Fsp3) is 0.500. The average Bonchev–Trinajstić information content (AvgIpc) is 3.55. The predicted molar refractivity (Wildman–Crippen MR) is 113 cm³/mol. The summed E-state index contributed by atoms with van der Waals surface area (Å²) in [6.07, 6.45) is 4.88. The number of H-pyrrole nitrogens is 1. The van der Waals surface area contributed by atoms with Crippen molar-refractivity contribution in [2.75, 3.05) is 31.3 Å². The van der Waals surface area contributed by atoms with Crippen LogP contribution >= 0.6 is 0 Å². The Morgan fingerprint density at radius 2 is 1.91 bits per heavy atom. The number of fused-ring (bicyclic) bond motifs is 3. The van der Waals surface area contributed by atoms with Gasteiger partial charge in [-0.05, 0) is 37.3 Å². The van der Waals surface area contributed by atoms with Crippen LogP contribution < -0.4 is 4.90 Å². The Kier molecular flexibility index (Phi) is 4.39. The highest BCUT2D eigenvalue weighted by Crippen LogP contribution is 2.43. The highest BCUT2D eigenvalue weighted by atomic mass is 16.5. The molecule has 10 nitrogen and oxygen atoms in total. The maximum Gasteiger partial charge on any atom is 0.172 e. The lowest BCUT2D eigenvalue weighted by Gasteiger charge is -2.37. The second-order valence-electron chi connectivity index (χ2n) is 8.68. The lowest BCUT2D eigenvalue weighted by Crippen LogP contribution is -2.46. The van der Waals surface area contributed by atoms with Gasteiger partial charge in [-0.2, -0.15) is 25.4 Å². The van der Waals surface area contributed by atoms with E-state index in [0.717, 1.165) is 24.2 Å². The second-order valence-corrected chi connectivity index (χ2v) is 8.68. The Hall–Kier alpha value is -3.47. The summed E-state index contributed by atoms with van der Waals surface area (Å²) in [5.41, 5.74) is 0.879. The summed E-state index contributed by atoms with van der Waals surface area (Å²) in [6, 6.07) is 9.13. The quantitative estimate of drug-likeness (QED) is 0.668. The van der Waals surface area contributed by atoms with Crippen LogP contribution in [0.4, 0.5) is 5.82 Å². The number of anilines is 1. The molecule has 3 aliphatic rings. The van der Waals surface area contributed by atoms with Crippen molar-refractivity contribution in [2.45, 2.75) is 43.2 Å². The van der Waals surface area contributed by atoms with Crippen LogP contribution in [0.25, 0.3) is 16.9 Å². The van der Waals surface area contributed by atoms with Gasteiger partial charge >= 0.3 is 0 Å². The van der Waals surface area contributed by atoms with E-state index in [-0.39, 0.29) is 17.8 Å². The van der Waals surface area contributed by atoms with Crippen molar-refractivity contribution in [3.05, 3.63) is 29.6 Å². The third-order valence-electron chi connectivity index (χ3n) is 7.03. The number of aromatic nitrogens is 5. The first kappa shape index (κ1) is 19.2. The molecular weight excluding hydrogens is 408 g/mol. The molecule has 3 aromatic heterocycles. The van der Waals surface area contributed by atoms with Crippen molar-refractivity contribution in [2.24, 2.45) is 0 Å². The maximum atomic E-state index is 10.3. The normalized spacial score (nSPS) is 24.4. The molecule has 0 saturated carbocycles. The van der Waals surface area contributed by atoms with Gasteiger partial charge in [0.15, 0.2) is 17.2 Å². The largest absolute Gasteiger partial charge is 0.381 e. The molecule has 6 rings (SSSR count). The molecular formula is C22H22N8O2. The van der Waals surface area contributed by atoms with Crippen molar-refractivity contribution in [3.8, 4) is 18.0 Å². The van der Waals surface area contributed by atoms with Crippen molar-refractivity contribution in [3.63, 3.8) is 0 Å². The lowest BCUT2D eigenvalue weighted by molar-refractivity contribution is 0.0679. The Morgan fingerprint density at radius 1 is 1.12 bits per heavy atom. The van der Waals surface area contributed by atoms with Crippen molar-refractivity contribution < 1.29 is 9.47 Å². The number of nitriles is 2. The molecule has 2 atom stereocenters. The lowest BCUT2D eigenvalue weighted by atomic mass is 9.74. The van der Waals surface area contributed by atoms with Crippen LogP contribution in [-0.2, 0) is 14.9 Å². The summed E-state index contributed by atoms with van der Waals surface area (Å²) in [6.45, 7) is 2.36. The van der Waals surface area contributed by atoms with Gasteiger partial charge in [0.2, 0.25) is 0 Å². The number of hydrogen-bond donors (Lipinski definition) is 1. The second kappa shape index (κ2) is 7.30. The minimum Gasteiger partial charge on any atom is -0.381 e. The van der Waals surface area contributed by atoms with E-state index in [1.165, 1.54) is 0 Å². The van der Waals surface area contributed by atoms with E-state index in [1.54, 1.807) is 16.9 Å². The van der Waals surface area contributed by atoms with Crippen LogP contribution in [0.15, 0.2) is 18.3 Å². The third-order valence-corrected chi connectivity index (χ3v) is 7.03. The molecule has 0 radical (unpaired) electrons. The van der Waals surface area contributed by atoms with E-state index in [9.17, 15) is 10.5 Å². The summed E-state index contributed by atoms with van der Waals surface area (Å²) in [5, 5.41) is 32.4. The van der Waals surface area contributed by atoms with Crippen molar-refractivity contribution in [1.82, 2.24) is 25.0 Å². The summed E-state index contributed by atoms with van der Waals surface area (Å²) >= 11 is 0. The Bertz CT molecular complexity index is 1230. The van der Waals surface area contributed by atoms with Gasteiger partial charge in [0, 0.05) is 19.3 Å². The van der Waals surface area contributed by atoms with Gasteiger partial charge in [-0.1, -0.05) is 0 Å². The van der Waals surface area contributed by atoms with E-state index >= 15 is 0 Å². The van der Waals surface area contributed by atoms with Crippen LogP contribution in [0.1, 0.15) is 36.9 Å². The molecule has 3 aliphatic heterocycles. The van der Waals surface area contributed by atoms with Gasteiger partial charge in [-0.25, -0.2) is 4.98 Å². The zero-order valence-electron chi connectivity index (χ0n) is 17.5. The van der Waals surface area contributed by atoms with Crippen LogP contribution in [0.3, 0.4) is 0 Å². The molecule has 3 fully saturated rings. The third kappa shape index (κ3) is 2.73. The molecule has 0 aliphatic carbocycles. The first-order valence-corrected chi connectivity index (χ1v) is 10.9. The molecule has 3 aromatic rings. The first-order chi connectivity index (χ1) is 15.7. The van der Waals surface area contributed by atoms with Gasteiger partial charge in [0.25, 0.3) is 0 Å². The fourth-order valence-electron chi connectivity index (χ4n) is 5.39. The van der Waals surface area contributed by atoms with Gasteiger partial charge in [0.05, 0.1) is 48.4 Å². The number of aromatic amines is 1. The topological polar surface area (TPSA) is 129 Å². The van der Waals surface area contributed by atoms with Gasteiger partial charge < -0.3 is 14.4 Å². The van der Waals surface area contributed by atoms with E-state index < -0.39 is 5.41 Å². The molecule has 10 heteroatoms. The maximum absolute atomic E-state index is 10.3. The van der Waals surface area contributed by atoms with Crippen LogP contribution in [0.2, 0.25) is 0 Å². The van der Waals surface area contributed by atoms with E-state index in [2.05, 4.69) is 32.3 Å². The highest BCUT2D eigenvalue weighted by Gasteiger charge is 2.42. The number of rotatable bonds is 3. The molecule has 0 amide bonds. The van der Waals surface area contributed by atoms with Crippen molar-refractivity contribution >= 4 is 16.9 Å². The van der Waals surface area contributed by atoms with Gasteiger partial charge in [0.1, 0.15) is 11.9 Å². The zero-order chi connectivity index (χ0) is 21.7. The van der Waals surface area contributed by atoms with Crippen LogP contribution in [0.5, 0.6) is 0 Å². The Labute approximate surface area is 184 Å². The Morgan fingerprint density at radius 3 is 2.56 bits per heavy atom. The number of nitrogens with one attached hydrogen (secondary N) is 1. The molecule has 32 heavy (non-hydrogen) atoms. The number of hydrogen-bond acceptors (Lipinski definition) is 8. The molecule has 0 spiro atoms. The van der Waals surface area contributed by atoms with Crippen LogP contribution in [-0.4, -0.2) is 63.5 Å². The molecule has 2 unspecified atom stereocenters.